The molecule has 1 heterocycles. The molecule has 0 unspecified atom stereocenters. The zero-order valence-electron chi connectivity index (χ0n) is 14.5. The van der Waals surface area contributed by atoms with Crippen molar-refractivity contribution in [3.8, 4) is 0 Å². The second kappa shape index (κ2) is 6.71. The summed E-state index contributed by atoms with van der Waals surface area (Å²) in [7, 11) is 1.92. The SMILES string of the molecule is CN(CCCc1nc2ccccc2[nH]1)C(=O)[C@H]1C[C@@H]1c1ccccc1. The molecule has 128 valence electrons. The van der Waals surface area contributed by atoms with Crippen LogP contribution in [0.2, 0.25) is 0 Å². The number of amides is 1. The molecule has 1 aromatic heterocycles. The van der Waals surface area contributed by atoms with E-state index in [9.17, 15) is 4.79 Å². The topological polar surface area (TPSA) is 49.0 Å². The third-order valence-electron chi connectivity index (χ3n) is 5.06. The molecule has 0 spiro atoms. The van der Waals surface area contributed by atoms with Gasteiger partial charge in [-0.2, -0.15) is 0 Å². The van der Waals surface area contributed by atoms with Gasteiger partial charge in [-0.25, -0.2) is 4.98 Å². The van der Waals surface area contributed by atoms with Gasteiger partial charge >= 0.3 is 0 Å². The monoisotopic (exact) mass is 333 g/mol. The van der Waals surface area contributed by atoms with E-state index >= 15 is 0 Å². The molecule has 2 aromatic carbocycles. The van der Waals surface area contributed by atoms with Crippen LogP contribution >= 0.6 is 0 Å². The average molecular weight is 333 g/mol. The molecule has 0 saturated heterocycles. The molecule has 0 radical (unpaired) electrons. The highest BCUT2D eigenvalue weighted by atomic mass is 16.2. The maximum atomic E-state index is 12.6. The quantitative estimate of drug-likeness (QED) is 0.747. The van der Waals surface area contributed by atoms with E-state index in [1.165, 1.54) is 5.56 Å². The number of H-pyrrole nitrogens is 1. The fraction of sp³-hybridized carbons (Fsp3) is 0.333. The smallest absolute Gasteiger partial charge is 0.226 e. The van der Waals surface area contributed by atoms with Gasteiger partial charge in [0.25, 0.3) is 0 Å². The summed E-state index contributed by atoms with van der Waals surface area (Å²) < 4.78 is 0. The Labute approximate surface area is 147 Å². The van der Waals surface area contributed by atoms with Gasteiger partial charge in [-0.15, -0.1) is 0 Å². The largest absolute Gasteiger partial charge is 0.345 e. The normalized spacial score (nSPS) is 19.1. The second-order valence-corrected chi connectivity index (χ2v) is 6.92. The number of hydrogen-bond donors (Lipinski definition) is 1. The number of rotatable bonds is 6. The highest BCUT2D eigenvalue weighted by Crippen LogP contribution is 2.48. The van der Waals surface area contributed by atoms with Crippen molar-refractivity contribution in [2.75, 3.05) is 13.6 Å². The minimum Gasteiger partial charge on any atom is -0.345 e. The van der Waals surface area contributed by atoms with Gasteiger partial charge in [0.1, 0.15) is 5.82 Å². The van der Waals surface area contributed by atoms with Gasteiger partial charge in [-0.3, -0.25) is 4.79 Å². The Morgan fingerprint density at radius 1 is 1.16 bits per heavy atom. The number of carbonyl (C=O) groups is 1. The summed E-state index contributed by atoms with van der Waals surface area (Å²) in [6, 6.07) is 18.4. The number of fused-ring (bicyclic) bond motifs is 1. The first-order valence-corrected chi connectivity index (χ1v) is 8.96. The summed E-state index contributed by atoms with van der Waals surface area (Å²) in [5.74, 6) is 1.85. The highest BCUT2D eigenvalue weighted by Gasteiger charge is 2.44. The van der Waals surface area contributed by atoms with E-state index in [-0.39, 0.29) is 11.8 Å². The Balaban J connectivity index is 1.27. The first-order chi connectivity index (χ1) is 12.2. The molecule has 1 amide bonds. The lowest BCUT2D eigenvalue weighted by Gasteiger charge is -2.17. The van der Waals surface area contributed by atoms with E-state index in [1.54, 1.807) is 0 Å². The van der Waals surface area contributed by atoms with Crippen LogP contribution in [0.3, 0.4) is 0 Å². The van der Waals surface area contributed by atoms with E-state index in [4.69, 9.17) is 0 Å². The van der Waals surface area contributed by atoms with Crippen LogP contribution in [0.4, 0.5) is 0 Å². The molecule has 4 nitrogen and oxygen atoms in total. The first-order valence-electron chi connectivity index (χ1n) is 8.96. The van der Waals surface area contributed by atoms with Crippen LogP contribution in [0.25, 0.3) is 11.0 Å². The van der Waals surface area contributed by atoms with Crippen molar-refractivity contribution >= 4 is 16.9 Å². The lowest BCUT2D eigenvalue weighted by atomic mass is 10.1. The number of nitrogens with zero attached hydrogens (tertiary/aromatic N) is 2. The summed E-state index contributed by atoms with van der Waals surface area (Å²) in [4.78, 5) is 22.4. The average Bonchev–Trinajstić information content (AvgIpc) is 3.34. The summed E-state index contributed by atoms with van der Waals surface area (Å²) in [5.41, 5.74) is 3.37. The van der Waals surface area contributed by atoms with Crippen molar-refractivity contribution in [1.29, 1.82) is 0 Å². The molecular weight excluding hydrogens is 310 g/mol. The van der Waals surface area contributed by atoms with Crippen LogP contribution in [-0.2, 0) is 11.2 Å². The minimum atomic E-state index is 0.165. The highest BCUT2D eigenvalue weighted by molar-refractivity contribution is 5.82. The number of hydrogen-bond acceptors (Lipinski definition) is 2. The molecule has 1 fully saturated rings. The van der Waals surface area contributed by atoms with Gasteiger partial charge in [-0.05, 0) is 36.5 Å². The van der Waals surface area contributed by atoms with Gasteiger partial charge in [0.15, 0.2) is 0 Å². The van der Waals surface area contributed by atoms with Gasteiger partial charge in [0, 0.05) is 25.9 Å². The van der Waals surface area contributed by atoms with Crippen molar-refractivity contribution in [1.82, 2.24) is 14.9 Å². The van der Waals surface area contributed by atoms with Crippen molar-refractivity contribution in [3.05, 3.63) is 66.0 Å². The van der Waals surface area contributed by atoms with Crippen LogP contribution in [0.1, 0.15) is 30.1 Å². The minimum absolute atomic E-state index is 0.165. The number of benzene rings is 2. The van der Waals surface area contributed by atoms with E-state index in [0.717, 1.165) is 42.7 Å². The molecule has 1 N–H and O–H groups in total. The number of aromatic amines is 1. The summed E-state index contributed by atoms with van der Waals surface area (Å²) in [6.07, 6.45) is 2.76. The van der Waals surface area contributed by atoms with Crippen molar-refractivity contribution in [2.24, 2.45) is 5.92 Å². The second-order valence-electron chi connectivity index (χ2n) is 6.92. The molecule has 2 atom stereocenters. The van der Waals surface area contributed by atoms with E-state index in [1.807, 2.05) is 54.4 Å². The molecule has 1 aliphatic carbocycles. The van der Waals surface area contributed by atoms with Gasteiger partial charge < -0.3 is 9.88 Å². The zero-order chi connectivity index (χ0) is 17.2. The van der Waals surface area contributed by atoms with E-state index in [2.05, 4.69) is 22.1 Å². The third-order valence-corrected chi connectivity index (χ3v) is 5.06. The number of imidazole rings is 1. The number of carbonyl (C=O) groups excluding carboxylic acids is 1. The van der Waals surface area contributed by atoms with Crippen molar-refractivity contribution < 1.29 is 4.79 Å². The number of aromatic nitrogens is 2. The summed E-state index contributed by atoms with van der Waals surface area (Å²) in [5, 5.41) is 0. The number of aryl methyl sites for hydroxylation is 1. The molecule has 4 rings (SSSR count). The van der Waals surface area contributed by atoms with Gasteiger partial charge in [-0.1, -0.05) is 42.5 Å². The Morgan fingerprint density at radius 2 is 1.92 bits per heavy atom. The van der Waals surface area contributed by atoms with Crippen LogP contribution in [0.15, 0.2) is 54.6 Å². The lowest BCUT2D eigenvalue weighted by molar-refractivity contribution is -0.131. The lowest BCUT2D eigenvalue weighted by Crippen LogP contribution is -2.29. The standard InChI is InChI=1S/C21H23N3O/c1-24(21(25)17-14-16(17)15-8-3-2-4-9-15)13-7-12-20-22-18-10-5-6-11-19(18)23-20/h2-6,8-11,16-17H,7,12-14H2,1H3,(H,22,23)/t16-,17+/m1/s1. The molecule has 4 heteroatoms. The van der Waals surface area contributed by atoms with Gasteiger partial charge in [0.05, 0.1) is 11.0 Å². The summed E-state index contributed by atoms with van der Waals surface area (Å²) in [6.45, 7) is 0.772. The maximum absolute atomic E-state index is 12.6. The number of nitrogens with one attached hydrogen (secondary N) is 1. The van der Waals surface area contributed by atoms with Crippen LogP contribution in [0, 0.1) is 5.92 Å². The zero-order valence-corrected chi connectivity index (χ0v) is 14.5. The van der Waals surface area contributed by atoms with Crippen LogP contribution in [-0.4, -0.2) is 34.4 Å². The summed E-state index contributed by atoms with van der Waals surface area (Å²) >= 11 is 0. The Hall–Kier alpha value is -2.62. The Kier molecular flexibility index (Phi) is 4.26. The molecule has 3 aromatic rings. The molecule has 0 aliphatic heterocycles. The third kappa shape index (κ3) is 3.43. The molecule has 0 bridgehead atoms. The van der Waals surface area contributed by atoms with Crippen molar-refractivity contribution in [2.45, 2.75) is 25.2 Å². The molecule has 1 aliphatic rings. The Morgan fingerprint density at radius 3 is 2.72 bits per heavy atom. The van der Waals surface area contributed by atoms with Crippen molar-refractivity contribution in [3.63, 3.8) is 0 Å². The first kappa shape index (κ1) is 15.9. The number of para-hydroxylation sites is 2. The molecule has 1 saturated carbocycles. The Bertz CT molecular complexity index is 838. The fourth-order valence-electron chi connectivity index (χ4n) is 3.54. The predicted octanol–water partition coefficient (Wildman–Crippen LogP) is 3.76. The molecule has 25 heavy (non-hydrogen) atoms. The maximum Gasteiger partial charge on any atom is 0.226 e. The van der Waals surface area contributed by atoms with Gasteiger partial charge in [0.2, 0.25) is 5.91 Å². The van der Waals surface area contributed by atoms with E-state index < -0.39 is 0 Å². The fourth-order valence-corrected chi connectivity index (χ4v) is 3.54. The predicted molar refractivity (Wildman–Crippen MR) is 99.3 cm³/mol. The van der Waals surface area contributed by atoms with E-state index in [0.29, 0.717) is 5.92 Å². The van der Waals surface area contributed by atoms with Crippen LogP contribution in [0.5, 0.6) is 0 Å². The molecular formula is C21H23N3O. The van der Waals surface area contributed by atoms with Crippen LogP contribution < -0.4 is 0 Å².